The second-order valence-corrected chi connectivity index (χ2v) is 5.35. The fourth-order valence-electron chi connectivity index (χ4n) is 2.35. The maximum absolute atomic E-state index is 12.1. The Morgan fingerprint density at radius 1 is 1.00 bits per heavy atom. The number of hydrogen-bond donors (Lipinski definition) is 2. The molecule has 0 aliphatic carbocycles. The maximum atomic E-state index is 12.1. The number of aromatic carboxylic acids is 1. The molecule has 0 saturated heterocycles. The normalized spacial score (nSPS) is 10.6. The van der Waals surface area contributed by atoms with Gasteiger partial charge in [0.1, 0.15) is 0 Å². The Morgan fingerprint density at radius 2 is 1.56 bits per heavy atom. The van der Waals surface area contributed by atoms with Gasteiger partial charge in [-0.15, -0.1) is 0 Å². The number of carboxylic acid groups (broad SMARTS) is 1. The average molecular weight is 339 g/mol. The number of amides is 1. The lowest BCUT2D eigenvalue weighted by Gasteiger charge is -2.20. The number of nitrogens with one attached hydrogen (secondary N) is 1. The van der Waals surface area contributed by atoms with E-state index < -0.39 is 5.97 Å². The molecule has 2 aromatic carbocycles. The van der Waals surface area contributed by atoms with Crippen molar-refractivity contribution in [2.75, 3.05) is 18.0 Å². The minimum Gasteiger partial charge on any atom is -0.478 e. The Bertz CT molecular complexity index is 748. The Morgan fingerprint density at radius 3 is 2.08 bits per heavy atom. The van der Waals surface area contributed by atoms with E-state index in [2.05, 4.69) is 29.3 Å². The van der Waals surface area contributed by atoms with Crippen LogP contribution in [0.3, 0.4) is 0 Å². The second kappa shape index (κ2) is 8.63. The van der Waals surface area contributed by atoms with Crippen molar-refractivity contribution in [3.63, 3.8) is 0 Å². The van der Waals surface area contributed by atoms with E-state index in [1.807, 2.05) is 12.1 Å². The highest BCUT2D eigenvalue weighted by Gasteiger charge is 2.06. The molecule has 6 nitrogen and oxygen atoms in total. The van der Waals surface area contributed by atoms with E-state index in [-0.39, 0.29) is 11.5 Å². The van der Waals surface area contributed by atoms with Crippen LogP contribution in [0.25, 0.3) is 0 Å². The highest BCUT2D eigenvalue weighted by atomic mass is 16.4. The van der Waals surface area contributed by atoms with Gasteiger partial charge in [-0.05, 0) is 55.8 Å². The standard InChI is InChI=1S/C19H21N3O3/c1-3-22(4-2)17-11-9-15(10-12-17)18(23)21-20-13-14-5-7-16(8-6-14)19(24)25/h5-13H,3-4H2,1-2H3,(H,21,23)(H,24,25). The van der Waals surface area contributed by atoms with Gasteiger partial charge >= 0.3 is 5.97 Å². The van der Waals surface area contributed by atoms with Crippen molar-refractivity contribution < 1.29 is 14.7 Å². The number of carboxylic acids is 1. The lowest BCUT2D eigenvalue weighted by molar-refractivity contribution is 0.0696. The maximum Gasteiger partial charge on any atom is 0.335 e. The van der Waals surface area contributed by atoms with E-state index in [0.717, 1.165) is 18.8 Å². The van der Waals surface area contributed by atoms with Crippen LogP contribution >= 0.6 is 0 Å². The molecule has 0 spiro atoms. The van der Waals surface area contributed by atoms with Gasteiger partial charge in [-0.1, -0.05) is 12.1 Å². The minimum atomic E-state index is -0.982. The van der Waals surface area contributed by atoms with E-state index in [0.29, 0.717) is 11.1 Å². The fourth-order valence-corrected chi connectivity index (χ4v) is 2.35. The molecule has 0 aliphatic heterocycles. The number of hydrazone groups is 1. The van der Waals surface area contributed by atoms with Gasteiger partial charge in [0.05, 0.1) is 11.8 Å². The molecule has 130 valence electrons. The zero-order chi connectivity index (χ0) is 18.2. The summed E-state index contributed by atoms with van der Waals surface area (Å²) >= 11 is 0. The summed E-state index contributed by atoms with van der Waals surface area (Å²) in [7, 11) is 0. The molecule has 0 saturated carbocycles. The molecule has 0 atom stereocenters. The van der Waals surface area contributed by atoms with Crippen molar-refractivity contribution in [3.8, 4) is 0 Å². The van der Waals surface area contributed by atoms with Gasteiger partial charge in [0.25, 0.3) is 5.91 Å². The topological polar surface area (TPSA) is 82.0 Å². The Labute approximate surface area is 146 Å². The third kappa shape index (κ3) is 4.91. The summed E-state index contributed by atoms with van der Waals surface area (Å²) in [4.78, 5) is 25.1. The Balaban J connectivity index is 1.96. The highest BCUT2D eigenvalue weighted by Crippen LogP contribution is 2.14. The van der Waals surface area contributed by atoms with E-state index >= 15 is 0 Å². The molecule has 1 amide bonds. The van der Waals surface area contributed by atoms with E-state index in [1.54, 1.807) is 24.3 Å². The van der Waals surface area contributed by atoms with Crippen molar-refractivity contribution in [2.24, 2.45) is 5.10 Å². The summed E-state index contributed by atoms with van der Waals surface area (Å²) in [5, 5.41) is 12.7. The van der Waals surface area contributed by atoms with Crippen LogP contribution in [0, 0.1) is 0 Å². The number of carbonyl (C=O) groups is 2. The van der Waals surface area contributed by atoms with Gasteiger partial charge < -0.3 is 10.0 Å². The summed E-state index contributed by atoms with van der Waals surface area (Å²) in [5.41, 5.74) is 4.96. The van der Waals surface area contributed by atoms with Crippen LogP contribution in [-0.4, -0.2) is 36.3 Å². The van der Waals surface area contributed by atoms with Crippen molar-refractivity contribution in [1.82, 2.24) is 5.43 Å². The van der Waals surface area contributed by atoms with Crippen LogP contribution in [0.5, 0.6) is 0 Å². The van der Waals surface area contributed by atoms with E-state index in [9.17, 15) is 9.59 Å². The second-order valence-electron chi connectivity index (χ2n) is 5.35. The first-order valence-electron chi connectivity index (χ1n) is 8.07. The summed E-state index contributed by atoms with van der Waals surface area (Å²) in [6.07, 6.45) is 1.47. The van der Waals surface area contributed by atoms with Gasteiger partial charge in [0.15, 0.2) is 0 Å². The summed E-state index contributed by atoms with van der Waals surface area (Å²) in [6.45, 7) is 5.99. The zero-order valence-corrected chi connectivity index (χ0v) is 14.3. The Hall–Kier alpha value is -3.15. The minimum absolute atomic E-state index is 0.203. The highest BCUT2D eigenvalue weighted by molar-refractivity contribution is 5.95. The van der Waals surface area contributed by atoms with Gasteiger partial charge in [0.2, 0.25) is 0 Å². The van der Waals surface area contributed by atoms with Crippen molar-refractivity contribution in [2.45, 2.75) is 13.8 Å². The molecule has 0 aliphatic rings. The number of rotatable bonds is 7. The van der Waals surface area contributed by atoms with Crippen LogP contribution in [0.2, 0.25) is 0 Å². The molecule has 2 N–H and O–H groups in total. The first-order valence-corrected chi connectivity index (χ1v) is 8.07. The van der Waals surface area contributed by atoms with Crippen molar-refractivity contribution in [1.29, 1.82) is 0 Å². The number of hydrogen-bond acceptors (Lipinski definition) is 4. The molecule has 0 bridgehead atoms. The van der Waals surface area contributed by atoms with Crippen LogP contribution in [0.1, 0.15) is 40.1 Å². The number of anilines is 1. The molecule has 2 rings (SSSR count). The first kappa shape index (κ1) is 18.2. The smallest absolute Gasteiger partial charge is 0.335 e. The van der Waals surface area contributed by atoms with Crippen molar-refractivity contribution in [3.05, 3.63) is 65.2 Å². The number of nitrogens with zero attached hydrogens (tertiary/aromatic N) is 2. The number of carbonyl (C=O) groups excluding carboxylic acids is 1. The van der Waals surface area contributed by atoms with Gasteiger partial charge in [0, 0.05) is 24.3 Å². The average Bonchev–Trinajstić information content (AvgIpc) is 2.63. The molecule has 2 aromatic rings. The lowest BCUT2D eigenvalue weighted by Crippen LogP contribution is -2.22. The molecule has 0 aromatic heterocycles. The largest absolute Gasteiger partial charge is 0.478 e. The van der Waals surface area contributed by atoms with Crippen LogP contribution in [-0.2, 0) is 0 Å². The molecular weight excluding hydrogens is 318 g/mol. The van der Waals surface area contributed by atoms with Gasteiger partial charge in [-0.25, -0.2) is 10.2 Å². The fraction of sp³-hybridized carbons (Fsp3) is 0.211. The molecule has 6 heteroatoms. The van der Waals surface area contributed by atoms with Crippen LogP contribution in [0.4, 0.5) is 5.69 Å². The van der Waals surface area contributed by atoms with Gasteiger partial charge in [-0.3, -0.25) is 4.79 Å². The zero-order valence-electron chi connectivity index (χ0n) is 14.3. The summed E-state index contributed by atoms with van der Waals surface area (Å²) < 4.78 is 0. The van der Waals surface area contributed by atoms with E-state index in [1.165, 1.54) is 18.3 Å². The van der Waals surface area contributed by atoms with Crippen molar-refractivity contribution >= 4 is 23.8 Å². The third-order valence-corrected chi connectivity index (χ3v) is 3.80. The summed E-state index contributed by atoms with van der Waals surface area (Å²) in [6, 6.07) is 13.6. The summed E-state index contributed by atoms with van der Waals surface area (Å²) in [5.74, 6) is -1.28. The predicted molar refractivity (Wildman–Crippen MR) is 98.5 cm³/mol. The lowest BCUT2D eigenvalue weighted by atomic mass is 10.1. The monoisotopic (exact) mass is 339 g/mol. The molecule has 0 heterocycles. The number of benzene rings is 2. The van der Waals surface area contributed by atoms with Crippen LogP contribution in [0.15, 0.2) is 53.6 Å². The van der Waals surface area contributed by atoms with E-state index in [4.69, 9.17) is 5.11 Å². The Kier molecular flexibility index (Phi) is 6.28. The third-order valence-electron chi connectivity index (χ3n) is 3.80. The SMILES string of the molecule is CCN(CC)c1ccc(C(=O)NN=Cc2ccc(C(=O)O)cc2)cc1. The molecule has 0 radical (unpaired) electrons. The molecule has 25 heavy (non-hydrogen) atoms. The predicted octanol–water partition coefficient (Wildman–Crippen LogP) is 2.99. The van der Waals surface area contributed by atoms with Crippen LogP contribution < -0.4 is 10.3 Å². The first-order chi connectivity index (χ1) is 12.0. The molecule has 0 unspecified atom stereocenters. The van der Waals surface area contributed by atoms with Gasteiger partial charge in [-0.2, -0.15) is 5.10 Å². The molecular formula is C19H21N3O3. The quantitative estimate of drug-likeness (QED) is 0.600. The molecule has 0 fully saturated rings.